The van der Waals surface area contributed by atoms with Crippen LogP contribution in [0.5, 0.6) is 11.5 Å². The first-order valence-corrected chi connectivity index (χ1v) is 9.73. The van der Waals surface area contributed by atoms with Gasteiger partial charge in [-0.25, -0.2) is 13.4 Å². The van der Waals surface area contributed by atoms with Crippen LogP contribution in [0.4, 0.5) is 10.1 Å². The number of aliphatic hydroxyl groups is 2. The maximum absolute atomic E-state index is 15.1. The van der Waals surface area contributed by atoms with Crippen molar-refractivity contribution in [3.8, 4) is 11.5 Å². The molecule has 2 aromatic rings. The summed E-state index contributed by atoms with van der Waals surface area (Å²) in [6.45, 7) is 0.398. The highest BCUT2D eigenvalue weighted by Crippen LogP contribution is 2.39. The van der Waals surface area contributed by atoms with Gasteiger partial charge in [-0.3, -0.25) is 4.79 Å². The molecule has 0 saturated carbocycles. The Balaban J connectivity index is 1.96. The quantitative estimate of drug-likeness (QED) is 0.536. The van der Waals surface area contributed by atoms with E-state index in [9.17, 15) is 23.4 Å². The molecule has 28 heavy (non-hydrogen) atoms. The van der Waals surface area contributed by atoms with E-state index < -0.39 is 52.1 Å². The number of aromatic hydroxyl groups is 1. The molecule has 11 heteroatoms. The number of phenolic OH excluding ortho intramolecular Hbond substituents is 1. The van der Waals surface area contributed by atoms with Crippen LogP contribution in [0, 0.1) is 5.82 Å². The molecule has 2 aromatic carbocycles. The molecule has 0 spiro atoms. The minimum absolute atomic E-state index is 0.0197. The lowest BCUT2D eigenvalue weighted by Gasteiger charge is -2.20. The Morgan fingerprint density at radius 3 is 2.68 bits per heavy atom. The van der Waals surface area contributed by atoms with Gasteiger partial charge >= 0.3 is 10.2 Å². The van der Waals surface area contributed by atoms with Crippen LogP contribution in [0.3, 0.4) is 0 Å². The normalized spacial score (nSPS) is 18.1. The molecule has 1 fully saturated rings. The summed E-state index contributed by atoms with van der Waals surface area (Å²) < 4.78 is 46.7. The van der Waals surface area contributed by atoms with Crippen LogP contribution in [-0.2, 0) is 15.0 Å². The van der Waals surface area contributed by atoms with Gasteiger partial charge in [-0.15, -0.1) is 0 Å². The fraction of sp³-hybridized carbons (Fsp3) is 0.353. The first kappa shape index (κ1) is 20.1. The lowest BCUT2D eigenvalue weighted by Crippen LogP contribution is -2.31. The van der Waals surface area contributed by atoms with Crippen molar-refractivity contribution in [1.29, 1.82) is 0 Å². The number of rotatable bonds is 6. The van der Waals surface area contributed by atoms with Gasteiger partial charge in [0.25, 0.3) is 5.91 Å². The molecule has 0 bridgehead atoms. The van der Waals surface area contributed by atoms with Crippen molar-refractivity contribution in [3.05, 3.63) is 30.1 Å². The van der Waals surface area contributed by atoms with E-state index in [1.807, 2.05) is 0 Å². The minimum atomic E-state index is -4.30. The molecule has 0 unspecified atom stereocenters. The number of hydrogen-bond donors (Lipinski definition) is 4. The SMILES string of the molecule is C[C@@](O)(CO)CCOc1ccc2cc(O)c(N3CC(=O)NS3(=O)=O)c(F)c2c1. The number of phenols is 1. The molecule has 1 heterocycles. The van der Waals surface area contributed by atoms with Crippen molar-refractivity contribution in [2.75, 3.05) is 24.1 Å². The molecular weight excluding hydrogens is 395 g/mol. The number of carbonyl (C=O) groups excluding carboxylic acids is 1. The number of benzene rings is 2. The molecule has 3 rings (SSSR count). The average Bonchev–Trinajstić information content (AvgIpc) is 2.87. The molecule has 4 N–H and O–H groups in total. The Kier molecular flexibility index (Phi) is 5.08. The first-order valence-electron chi connectivity index (χ1n) is 8.29. The second-order valence-corrected chi connectivity index (χ2v) is 8.33. The zero-order valence-corrected chi connectivity index (χ0v) is 15.7. The Morgan fingerprint density at radius 2 is 2.07 bits per heavy atom. The van der Waals surface area contributed by atoms with Crippen molar-refractivity contribution in [2.45, 2.75) is 18.9 Å². The lowest BCUT2D eigenvalue weighted by molar-refractivity contribution is -0.117. The zero-order chi connectivity index (χ0) is 20.7. The predicted octanol–water partition coefficient (Wildman–Crippen LogP) is 0.378. The maximum atomic E-state index is 15.1. The fourth-order valence-corrected chi connectivity index (χ4v) is 3.91. The van der Waals surface area contributed by atoms with Crippen LogP contribution in [0.2, 0.25) is 0 Å². The summed E-state index contributed by atoms with van der Waals surface area (Å²) in [6.07, 6.45) is 0.130. The van der Waals surface area contributed by atoms with Gasteiger partial charge < -0.3 is 20.1 Å². The Morgan fingerprint density at radius 1 is 1.36 bits per heavy atom. The highest BCUT2D eigenvalue weighted by Gasteiger charge is 2.37. The molecule has 1 aliphatic rings. The van der Waals surface area contributed by atoms with E-state index in [2.05, 4.69) is 0 Å². The molecule has 152 valence electrons. The standard InChI is InChI=1S/C17H19FN2O7S/c1-17(24,9-21)4-5-27-11-3-2-10-6-13(22)16(15(18)12(10)7-11)20-8-14(23)19-28(20,25)26/h2-3,6-7,21-22,24H,4-5,8-9H2,1H3,(H,19,23)/t17-/m0/s1. The molecule has 0 aliphatic carbocycles. The number of anilines is 1. The number of amides is 1. The molecule has 1 aliphatic heterocycles. The summed E-state index contributed by atoms with van der Waals surface area (Å²) >= 11 is 0. The van der Waals surface area contributed by atoms with Gasteiger partial charge in [-0.2, -0.15) is 8.42 Å². The topological polar surface area (TPSA) is 136 Å². The average molecular weight is 414 g/mol. The summed E-state index contributed by atoms with van der Waals surface area (Å²) in [7, 11) is -4.30. The number of halogens is 1. The maximum Gasteiger partial charge on any atom is 0.326 e. The largest absolute Gasteiger partial charge is 0.506 e. The van der Waals surface area contributed by atoms with E-state index in [1.165, 1.54) is 31.2 Å². The van der Waals surface area contributed by atoms with Gasteiger partial charge in [0.2, 0.25) is 0 Å². The van der Waals surface area contributed by atoms with Gasteiger partial charge in [0.1, 0.15) is 23.7 Å². The van der Waals surface area contributed by atoms with E-state index >= 15 is 4.39 Å². The third-order valence-electron chi connectivity index (χ3n) is 4.32. The summed E-state index contributed by atoms with van der Waals surface area (Å²) in [5.74, 6) is -2.25. The van der Waals surface area contributed by atoms with Gasteiger partial charge in [0, 0.05) is 11.8 Å². The molecule has 1 amide bonds. The zero-order valence-electron chi connectivity index (χ0n) is 14.8. The first-order chi connectivity index (χ1) is 13.0. The van der Waals surface area contributed by atoms with Gasteiger partial charge in [-0.1, -0.05) is 6.07 Å². The summed E-state index contributed by atoms with van der Waals surface area (Å²) in [5.41, 5.74) is -1.95. The Hall–Kier alpha value is -2.63. The molecular formula is C17H19FN2O7S. The molecule has 1 saturated heterocycles. The van der Waals surface area contributed by atoms with Gasteiger partial charge in [-0.05, 0) is 30.5 Å². The number of aliphatic hydroxyl groups excluding tert-OH is 1. The number of nitrogens with one attached hydrogen (secondary N) is 1. The van der Waals surface area contributed by atoms with Crippen molar-refractivity contribution in [3.63, 3.8) is 0 Å². The minimum Gasteiger partial charge on any atom is -0.506 e. The van der Waals surface area contributed by atoms with E-state index in [0.717, 1.165) is 0 Å². The summed E-state index contributed by atoms with van der Waals surface area (Å²) in [6, 6.07) is 5.50. The predicted molar refractivity (Wildman–Crippen MR) is 97.8 cm³/mol. The number of carbonyl (C=O) groups is 1. The lowest BCUT2D eigenvalue weighted by atomic mass is 10.1. The third-order valence-corrected chi connectivity index (χ3v) is 5.70. The number of nitrogens with zero attached hydrogens (tertiary/aromatic N) is 1. The van der Waals surface area contributed by atoms with E-state index in [-0.39, 0.29) is 24.2 Å². The van der Waals surface area contributed by atoms with Crippen LogP contribution in [0.25, 0.3) is 10.8 Å². The highest BCUT2D eigenvalue weighted by atomic mass is 32.2. The van der Waals surface area contributed by atoms with Crippen molar-refractivity contribution < 1.29 is 37.7 Å². The summed E-state index contributed by atoms with van der Waals surface area (Å²) in [5, 5.41) is 29.2. The van der Waals surface area contributed by atoms with Crippen molar-refractivity contribution >= 4 is 32.6 Å². The second kappa shape index (κ2) is 7.08. The third kappa shape index (κ3) is 3.81. The van der Waals surface area contributed by atoms with Gasteiger partial charge in [0.05, 0.1) is 18.8 Å². The van der Waals surface area contributed by atoms with Crippen molar-refractivity contribution in [1.82, 2.24) is 4.72 Å². The molecule has 1 atom stereocenters. The van der Waals surface area contributed by atoms with Crippen LogP contribution in [0.1, 0.15) is 13.3 Å². The Labute approximate surface area is 160 Å². The van der Waals surface area contributed by atoms with Crippen LogP contribution in [-0.4, -0.2) is 55.0 Å². The number of fused-ring (bicyclic) bond motifs is 1. The fourth-order valence-electron chi connectivity index (χ4n) is 2.75. The van der Waals surface area contributed by atoms with E-state index in [4.69, 9.17) is 9.84 Å². The van der Waals surface area contributed by atoms with Crippen LogP contribution in [0.15, 0.2) is 24.3 Å². The molecule has 9 nitrogen and oxygen atoms in total. The number of hydrogen-bond acceptors (Lipinski definition) is 7. The highest BCUT2D eigenvalue weighted by molar-refractivity contribution is 7.92. The van der Waals surface area contributed by atoms with Crippen LogP contribution >= 0.6 is 0 Å². The van der Waals surface area contributed by atoms with Crippen LogP contribution < -0.4 is 13.8 Å². The molecule has 0 radical (unpaired) electrons. The molecule has 0 aromatic heterocycles. The Bertz CT molecular complexity index is 1040. The van der Waals surface area contributed by atoms with E-state index in [1.54, 1.807) is 4.72 Å². The number of ether oxygens (including phenoxy) is 1. The van der Waals surface area contributed by atoms with Gasteiger partial charge in [0.15, 0.2) is 5.82 Å². The van der Waals surface area contributed by atoms with Crippen molar-refractivity contribution in [2.24, 2.45) is 0 Å². The smallest absolute Gasteiger partial charge is 0.326 e. The monoisotopic (exact) mass is 414 g/mol. The summed E-state index contributed by atoms with van der Waals surface area (Å²) in [4.78, 5) is 11.4. The second-order valence-electron chi connectivity index (χ2n) is 6.73. The van der Waals surface area contributed by atoms with E-state index in [0.29, 0.717) is 9.69 Å².